The van der Waals surface area contributed by atoms with Crippen LogP contribution >= 0.6 is 0 Å². The molecule has 1 aliphatic carbocycles. The SMILES string of the molecule is CC(C1CC1)C(Cc1nccn1C)NN. The highest BCUT2D eigenvalue weighted by Crippen LogP contribution is 2.38. The van der Waals surface area contributed by atoms with Crippen LogP contribution in [0.5, 0.6) is 0 Å². The first-order valence-corrected chi connectivity index (χ1v) is 5.64. The standard InChI is InChI=1S/C11H20N4/c1-8(9-3-4-9)10(14-12)7-11-13-5-6-15(11)2/h5-6,8-10,14H,3-4,7,12H2,1-2H3. The zero-order valence-corrected chi connectivity index (χ0v) is 9.48. The van der Waals surface area contributed by atoms with Crippen molar-refractivity contribution >= 4 is 0 Å². The summed E-state index contributed by atoms with van der Waals surface area (Å²) < 4.78 is 2.06. The Balaban J connectivity index is 1.98. The fourth-order valence-electron chi connectivity index (χ4n) is 2.14. The Hall–Kier alpha value is -0.870. The molecule has 0 radical (unpaired) electrons. The predicted octanol–water partition coefficient (Wildman–Crippen LogP) is 0.841. The largest absolute Gasteiger partial charge is 0.338 e. The van der Waals surface area contributed by atoms with Crippen molar-refractivity contribution in [3.63, 3.8) is 0 Å². The van der Waals surface area contributed by atoms with Gasteiger partial charge in [0.25, 0.3) is 0 Å². The van der Waals surface area contributed by atoms with E-state index >= 15 is 0 Å². The van der Waals surface area contributed by atoms with Crippen LogP contribution in [0.15, 0.2) is 12.4 Å². The highest BCUT2D eigenvalue weighted by Gasteiger charge is 2.33. The number of hydrogen-bond acceptors (Lipinski definition) is 3. The molecule has 2 atom stereocenters. The van der Waals surface area contributed by atoms with Crippen molar-refractivity contribution in [3.8, 4) is 0 Å². The summed E-state index contributed by atoms with van der Waals surface area (Å²) in [6.45, 7) is 2.28. The maximum atomic E-state index is 5.62. The predicted molar refractivity (Wildman–Crippen MR) is 59.9 cm³/mol. The van der Waals surface area contributed by atoms with Gasteiger partial charge in [-0.2, -0.15) is 0 Å². The number of nitrogens with zero attached hydrogens (tertiary/aromatic N) is 2. The molecule has 2 rings (SSSR count). The van der Waals surface area contributed by atoms with Gasteiger partial charge in [-0.15, -0.1) is 0 Å². The molecule has 1 aliphatic rings. The summed E-state index contributed by atoms with van der Waals surface area (Å²) in [5.74, 6) is 8.23. The van der Waals surface area contributed by atoms with Crippen molar-refractivity contribution in [2.45, 2.75) is 32.2 Å². The molecule has 0 saturated heterocycles. The van der Waals surface area contributed by atoms with Gasteiger partial charge in [0.1, 0.15) is 5.82 Å². The van der Waals surface area contributed by atoms with Crippen molar-refractivity contribution < 1.29 is 0 Å². The van der Waals surface area contributed by atoms with Crippen LogP contribution in [0.3, 0.4) is 0 Å². The minimum absolute atomic E-state index is 0.346. The molecule has 3 N–H and O–H groups in total. The summed E-state index contributed by atoms with van der Waals surface area (Å²) in [6.07, 6.45) is 7.45. The van der Waals surface area contributed by atoms with E-state index < -0.39 is 0 Å². The third kappa shape index (κ3) is 2.38. The van der Waals surface area contributed by atoms with Crippen molar-refractivity contribution in [1.29, 1.82) is 0 Å². The molecule has 0 spiro atoms. The van der Waals surface area contributed by atoms with Gasteiger partial charge in [0.05, 0.1) is 0 Å². The second-order valence-corrected chi connectivity index (χ2v) is 4.63. The van der Waals surface area contributed by atoms with E-state index in [0.29, 0.717) is 12.0 Å². The molecule has 4 heteroatoms. The Morgan fingerprint density at radius 2 is 2.40 bits per heavy atom. The summed E-state index contributed by atoms with van der Waals surface area (Å²) in [5, 5.41) is 0. The summed E-state index contributed by atoms with van der Waals surface area (Å²) in [4.78, 5) is 4.33. The van der Waals surface area contributed by atoms with Crippen molar-refractivity contribution in [2.24, 2.45) is 24.7 Å². The molecule has 0 bridgehead atoms. The Bertz CT molecular complexity index is 316. The molecule has 84 valence electrons. The first kappa shape index (κ1) is 10.6. The molecule has 15 heavy (non-hydrogen) atoms. The normalized spacial score (nSPS) is 20.2. The van der Waals surface area contributed by atoms with Gasteiger partial charge in [-0.25, -0.2) is 4.98 Å². The number of hydrogen-bond donors (Lipinski definition) is 2. The first-order chi connectivity index (χ1) is 7.22. The summed E-state index contributed by atoms with van der Waals surface area (Å²) in [7, 11) is 2.03. The van der Waals surface area contributed by atoms with Crippen LogP contribution in [-0.4, -0.2) is 15.6 Å². The average molecular weight is 208 g/mol. The number of rotatable bonds is 5. The number of imidazole rings is 1. The van der Waals surface area contributed by atoms with Gasteiger partial charge >= 0.3 is 0 Å². The summed E-state index contributed by atoms with van der Waals surface area (Å²) in [6, 6.07) is 0.346. The molecule has 1 heterocycles. The minimum atomic E-state index is 0.346. The Morgan fingerprint density at radius 3 is 2.87 bits per heavy atom. The highest BCUT2D eigenvalue weighted by molar-refractivity contribution is 4.97. The zero-order chi connectivity index (χ0) is 10.8. The fourth-order valence-corrected chi connectivity index (χ4v) is 2.14. The number of aryl methyl sites for hydroxylation is 1. The van der Waals surface area contributed by atoms with E-state index in [0.717, 1.165) is 18.2 Å². The molecular weight excluding hydrogens is 188 g/mol. The van der Waals surface area contributed by atoms with E-state index in [9.17, 15) is 0 Å². The number of aromatic nitrogens is 2. The van der Waals surface area contributed by atoms with Gasteiger partial charge < -0.3 is 4.57 Å². The van der Waals surface area contributed by atoms with E-state index in [1.165, 1.54) is 12.8 Å². The van der Waals surface area contributed by atoms with Crippen LogP contribution in [0.25, 0.3) is 0 Å². The minimum Gasteiger partial charge on any atom is -0.338 e. The zero-order valence-electron chi connectivity index (χ0n) is 9.48. The lowest BCUT2D eigenvalue weighted by Gasteiger charge is -2.22. The topological polar surface area (TPSA) is 55.9 Å². The average Bonchev–Trinajstić information content (AvgIpc) is 3.00. The van der Waals surface area contributed by atoms with Gasteiger partial charge in [-0.3, -0.25) is 11.3 Å². The molecule has 2 unspecified atom stereocenters. The lowest BCUT2D eigenvalue weighted by molar-refractivity contribution is 0.337. The van der Waals surface area contributed by atoms with Gasteiger partial charge in [0.15, 0.2) is 0 Å². The van der Waals surface area contributed by atoms with Crippen molar-refractivity contribution in [1.82, 2.24) is 15.0 Å². The van der Waals surface area contributed by atoms with E-state index in [4.69, 9.17) is 5.84 Å². The second-order valence-electron chi connectivity index (χ2n) is 4.63. The molecule has 1 saturated carbocycles. The monoisotopic (exact) mass is 208 g/mol. The van der Waals surface area contributed by atoms with Crippen molar-refractivity contribution in [2.75, 3.05) is 0 Å². The summed E-state index contributed by atoms with van der Waals surface area (Å²) in [5.41, 5.74) is 2.94. The van der Waals surface area contributed by atoms with Crippen LogP contribution in [0.2, 0.25) is 0 Å². The Kier molecular flexibility index (Phi) is 3.07. The number of nitrogens with two attached hydrogens (primary N) is 1. The van der Waals surface area contributed by atoms with Gasteiger partial charge in [-0.1, -0.05) is 6.92 Å². The lowest BCUT2D eigenvalue weighted by atomic mass is 9.94. The van der Waals surface area contributed by atoms with Crippen LogP contribution in [-0.2, 0) is 13.5 Å². The van der Waals surface area contributed by atoms with Crippen LogP contribution in [0, 0.1) is 11.8 Å². The van der Waals surface area contributed by atoms with Crippen LogP contribution < -0.4 is 11.3 Å². The van der Waals surface area contributed by atoms with E-state index in [2.05, 4.69) is 21.9 Å². The quantitative estimate of drug-likeness (QED) is 0.557. The maximum Gasteiger partial charge on any atom is 0.109 e. The van der Waals surface area contributed by atoms with E-state index in [-0.39, 0.29) is 0 Å². The molecule has 4 nitrogen and oxygen atoms in total. The Morgan fingerprint density at radius 1 is 1.67 bits per heavy atom. The van der Waals surface area contributed by atoms with Gasteiger partial charge in [0.2, 0.25) is 0 Å². The fraction of sp³-hybridized carbons (Fsp3) is 0.727. The molecule has 1 fully saturated rings. The number of nitrogens with one attached hydrogen (secondary N) is 1. The second kappa shape index (κ2) is 4.33. The smallest absolute Gasteiger partial charge is 0.109 e. The molecule has 0 aliphatic heterocycles. The Labute approximate surface area is 90.8 Å². The molecule has 0 aromatic carbocycles. The van der Waals surface area contributed by atoms with Crippen molar-refractivity contribution in [3.05, 3.63) is 18.2 Å². The van der Waals surface area contributed by atoms with E-state index in [1.807, 2.05) is 19.4 Å². The molecule has 1 aromatic rings. The number of hydrazine groups is 1. The summed E-state index contributed by atoms with van der Waals surface area (Å²) >= 11 is 0. The van der Waals surface area contributed by atoms with Gasteiger partial charge in [0, 0.05) is 31.9 Å². The van der Waals surface area contributed by atoms with E-state index in [1.54, 1.807) is 0 Å². The third-order valence-corrected chi connectivity index (χ3v) is 3.54. The molecule has 1 aromatic heterocycles. The van der Waals surface area contributed by atoms with Gasteiger partial charge in [-0.05, 0) is 24.7 Å². The highest BCUT2D eigenvalue weighted by atomic mass is 15.2. The molecular formula is C11H20N4. The molecule has 0 amide bonds. The lowest BCUT2D eigenvalue weighted by Crippen LogP contribution is -2.42. The first-order valence-electron chi connectivity index (χ1n) is 5.64. The maximum absolute atomic E-state index is 5.62. The van der Waals surface area contributed by atoms with Crippen LogP contribution in [0.1, 0.15) is 25.6 Å². The third-order valence-electron chi connectivity index (χ3n) is 3.54. The van der Waals surface area contributed by atoms with Crippen LogP contribution in [0.4, 0.5) is 0 Å².